The van der Waals surface area contributed by atoms with E-state index >= 15 is 0 Å². The Balaban J connectivity index is 1.24. The SMILES string of the molecule is [B]B(P)O[C@@H]1C(O[C@@H]2OC(COCc3ccccc3)[C@H](OCc3ccccc3)[C@H](OCc3ccccc3)C2OCc2ccccc2)[C@H](OC)OC(COCc2ccccc2)[C@@H]1OB(C)P. The lowest BCUT2D eigenvalue weighted by Gasteiger charge is -2.50. The van der Waals surface area contributed by atoms with Crippen molar-refractivity contribution in [1.82, 2.24) is 0 Å². The largest absolute Gasteiger partial charge is 0.433 e. The topological polar surface area (TPSA) is 102 Å². The molecule has 2 aliphatic rings. The molecule has 11 nitrogen and oxygen atoms in total. The van der Waals surface area contributed by atoms with Crippen LogP contribution in [-0.4, -0.2) is 103 Å². The van der Waals surface area contributed by atoms with Gasteiger partial charge in [-0.2, -0.15) is 0 Å². The van der Waals surface area contributed by atoms with Crippen LogP contribution in [0, 0.1) is 0 Å². The van der Waals surface area contributed by atoms with Crippen molar-refractivity contribution >= 4 is 39.1 Å². The third-order valence-electron chi connectivity index (χ3n) is 11.0. The number of hydrogen-bond donors (Lipinski definition) is 0. The second-order valence-electron chi connectivity index (χ2n) is 16.1. The summed E-state index contributed by atoms with van der Waals surface area (Å²) in [7, 11) is 13.2. The van der Waals surface area contributed by atoms with Crippen molar-refractivity contribution in [2.75, 3.05) is 20.3 Å². The molecule has 65 heavy (non-hydrogen) atoms. The molecule has 6 unspecified atom stereocenters. The molecule has 2 fully saturated rings. The maximum Gasteiger partial charge on any atom is 0.312 e. The monoisotopic (exact) mass is 918 g/mol. The highest BCUT2D eigenvalue weighted by atomic mass is 31.0. The van der Waals surface area contributed by atoms with Crippen LogP contribution in [0.2, 0.25) is 6.82 Å². The molecule has 0 bridgehead atoms. The van der Waals surface area contributed by atoms with Crippen LogP contribution in [0.5, 0.6) is 0 Å². The minimum Gasteiger partial charge on any atom is -0.433 e. The number of methoxy groups -OCH3 is 1. The molecule has 0 saturated carbocycles. The van der Waals surface area contributed by atoms with E-state index < -0.39 is 67.9 Å². The summed E-state index contributed by atoms with van der Waals surface area (Å²) < 4.78 is 73.5. The molecule has 5 aromatic carbocycles. The highest BCUT2D eigenvalue weighted by molar-refractivity contribution is 7.70. The molecule has 7 rings (SSSR count). The van der Waals surface area contributed by atoms with E-state index in [9.17, 15) is 0 Å². The Bertz CT molecular complexity index is 2050. The maximum absolute atomic E-state index is 7.17. The average Bonchev–Trinajstić information content (AvgIpc) is 3.33. The van der Waals surface area contributed by atoms with Crippen LogP contribution in [-0.2, 0) is 85.0 Å². The van der Waals surface area contributed by atoms with Crippen molar-refractivity contribution in [1.29, 1.82) is 0 Å². The van der Waals surface area contributed by atoms with Gasteiger partial charge in [0.25, 0.3) is 6.53 Å². The second kappa shape index (κ2) is 26.3. The van der Waals surface area contributed by atoms with Crippen LogP contribution < -0.4 is 0 Å². The van der Waals surface area contributed by atoms with Crippen LogP contribution >= 0.6 is 18.2 Å². The van der Waals surface area contributed by atoms with Crippen molar-refractivity contribution in [2.45, 2.75) is 101 Å². The summed E-state index contributed by atoms with van der Waals surface area (Å²) in [5, 5.41) is 0. The third kappa shape index (κ3) is 15.1. The predicted octanol–water partition coefficient (Wildman–Crippen LogP) is 7.45. The van der Waals surface area contributed by atoms with Crippen LogP contribution in [0.4, 0.5) is 0 Å². The first-order chi connectivity index (χ1) is 31.8. The summed E-state index contributed by atoms with van der Waals surface area (Å²) in [6, 6.07) is 49.9. The van der Waals surface area contributed by atoms with Gasteiger partial charge in [-0.25, -0.2) is 0 Å². The minimum absolute atomic E-state index is 0.146. The highest BCUT2D eigenvalue weighted by Gasteiger charge is 2.54. The van der Waals surface area contributed by atoms with E-state index in [4.69, 9.17) is 59.7 Å². The van der Waals surface area contributed by atoms with Gasteiger partial charge >= 0.3 is 6.64 Å². The van der Waals surface area contributed by atoms with Gasteiger partial charge < -0.3 is 51.9 Å². The molecule has 2 radical (unpaired) electrons. The Morgan fingerprint density at radius 2 is 0.846 bits per heavy atom. The Hall–Kier alpha value is -3.29. The van der Waals surface area contributed by atoms with E-state index in [0.29, 0.717) is 13.2 Å². The first kappa shape index (κ1) is 49.6. The quantitative estimate of drug-likeness (QED) is 0.0456. The fraction of sp³-hybridized carbons (Fsp3) is 0.388. The highest BCUT2D eigenvalue weighted by Crippen LogP contribution is 2.37. The van der Waals surface area contributed by atoms with Gasteiger partial charge in [-0.3, -0.25) is 0 Å². The van der Waals surface area contributed by atoms with Gasteiger partial charge in [0.1, 0.15) is 36.6 Å². The fourth-order valence-electron chi connectivity index (χ4n) is 7.97. The molecule has 0 N–H and O–H groups in total. The summed E-state index contributed by atoms with van der Waals surface area (Å²) in [5.41, 5.74) is 4.97. The molecular formula is C49H59B3O11P2. The van der Waals surface area contributed by atoms with E-state index in [1.807, 2.05) is 158 Å². The Morgan fingerprint density at radius 3 is 1.26 bits per heavy atom. The van der Waals surface area contributed by atoms with Gasteiger partial charge in [-0.1, -0.05) is 158 Å². The van der Waals surface area contributed by atoms with Gasteiger partial charge in [0.15, 0.2) is 12.6 Å². The van der Waals surface area contributed by atoms with Crippen LogP contribution in [0.1, 0.15) is 27.8 Å². The molecule has 5 aromatic rings. The van der Waals surface area contributed by atoms with Crippen molar-refractivity contribution < 1.29 is 51.9 Å². The smallest absolute Gasteiger partial charge is 0.312 e. The summed E-state index contributed by atoms with van der Waals surface area (Å²) in [6.45, 7) is 2.64. The number of hydrogen-bond acceptors (Lipinski definition) is 11. The number of benzene rings is 5. The molecule has 0 aliphatic carbocycles. The normalized spacial score (nSPS) is 25.5. The number of ether oxygens (including phenoxy) is 9. The molecule has 2 saturated heterocycles. The van der Waals surface area contributed by atoms with E-state index in [1.54, 1.807) is 7.11 Å². The lowest BCUT2D eigenvalue weighted by atomic mass is 9.69. The summed E-state index contributed by atoms with van der Waals surface area (Å²) in [5.74, 6) is 0. The zero-order valence-corrected chi connectivity index (χ0v) is 39.3. The van der Waals surface area contributed by atoms with Crippen LogP contribution in [0.15, 0.2) is 152 Å². The lowest BCUT2D eigenvalue weighted by molar-refractivity contribution is -0.373. The molecule has 0 aromatic heterocycles. The Labute approximate surface area is 390 Å². The van der Waals surface area contributed by atoms with Crippen molar-refractivity contribution in [2.24, 2.45) is 0 Å². The van der Waals surface area contributed by atoms with E-state index in [1.165, 1.54) is 0 Å². The molecule has 16 heteroatoms. The van der Waals surface area contributed by atoms with Crippen LogP contribution in [0.25, 0.3) is 0 Å². The maximum atomic E-state index is 7.17. The van der Waals surface area contributed by atoms with Gasteiger partial charge in [-0.15, -0.1) is 18.2 Å². The fourth-order valence-corrected chi connectivity index (χ4v) is 8.34. The molecule has 2 aliphatic heterocycles. The van der Waals surface area contributed by atoms with Crippen molar-refractivity contribution in [3.8, 4) is 0 Å². The van der Waals surface area contributed by atoms with Gasteiger partial charge in [-0.05, 0) is 27.8 Å². The standard InChI is InChI=1S/C49H59B3O11P2/c1-51(64)62-43-41(34-55-29-36-20-10-4-11-21-36)59-48(53-2)47(45(43)63-52(50)65)61-49-46(58-32-39-26-16-7-17-27-39)44(57-31-38-24-14-6-15-25-38)42(56-30-37-22-12-5-13-23-37)40(60-49)33-54-28-35-18-8-3-9-19-35/h3-27,40-49H,28-34,64-65H2,1-2H3/t40?,41?,42-,43-,44-,45-,46?,47?,48+,49-/m0/s1. The lowest BCUT2D eigenvalue weighted by Crippen LogP contribution is -2.67. The molecule has 340 valence electrons. The zero-order valence-electron chi connectivity index (χ0n) is 37.0. The Morgan fingerprint density at radius 1 is 0.462 bits per heavy atom. The first-order valence-electron chi connectivity index (χ1n) is 22.1. The first-order valence-corrected chi connectivity index (χ1v) is 23.4. The molecule has 0 amide bonds. The van der Waals surface area contributed by atoms with E-state index in [-0.39, 0.29) is 39.7 Å². The van der Waals surface area contributed by atoms with E-state index in [2.05, 4.69) is 18.2 Å². The average molecular weight is 918 g/mol. The summed E-state index contributed by atoms with van der Waals surface area (Å²) in [6.07, 6.45) is -8.19. The molecule has 12 atom stereocenters. The van der Waals surface area contributed by atoms with E-state index in [0.717, 1.165) is 27.8 Å². The molecular weight excluding hydrogens is 859 g/mol. The number of rotatable bonds is 24. The minimum atomic E-state index is -1.10. The molecule has 0 spiro atoms. The third-order valence-corrected chi connectivity index (χ3v) is 11.3. The van der Waals surface area contributed by atoms with Gasteiger partial charge in [0, 0.05) is 7.11 Å². The zero-order chi connectivity index (χ0) is 45.2. The van der Waals surface area contributed by atoms with Gasteiger partial charge in [0.05, 0.1) is 66.2 Å². The van der Waals surface area contributed by atoms with Gasteiger partial charge in [0.2, 0.25) is 0 Å². The second-order valence-corrected chi connectivity index (χ2v) is 17.7. The van der Waals surface area contributed by atoms with Crippen LogP contribution in [0.3, 0.4) is 0 Å². The predicted molar refractivity (Wildman–Crippen MR) is 259 cm³/mol. The van der Waals surface area contributed by atoms with Crippen molar-refractivity contribution in [3.05, 3.63) is 179 Å². The summed E-state index contributed by atoms with van der Waals surface area (Å²) >= 11 is 0. The summed E-state index contributed by atoms with van der Waals surface area (Å²) in [4.78, 5) is 0. The molecule has 2 heterocycles. The van der Waals surface area contributed by atoms with Crippen molar-refractivity contribution in [3.63, 3.8) is 0 Å². The Kier molecular flexibility index (Phi) is 20.1.